The van der Waals surface area contributed by atoms with Crippen LogP contribution in [0.5, 0.6) is 0 Å². The van der Waals surface area contributed by atoms with Crippen molar-refractivity contribution in [2.45, 2.75) is 0 Å². The minimum atomic E-state index is -0.519. The topological polar surface area (TPSA) is 55.4 Å². The number of benzene rings is 4. The van der Waals surface area contributed by atoms with Crippen LogP contribution in [0.1, 0.15) is 10.4 Å². The van der Waals surface area contributed by atoms with Crippen LogP contribution in [-0.2, 0) is 9.53 Å². The molecule has 4 nitrogen and oxygen atoms in total. The number of esters is 1. The predicted octanol–water partition coefficient (Wildman–Crippen LogP) is 4.79. The average molecular weight is 355 g/mol. The van der Waals surface area contributed by atoms with Crippen LogP contribution in [0.15, 0.2) is 84.9 Å². The van der Waals surface area contributed by atoms with Gasteiger partial charge in [-0.1, -0.05) is 60.7 Å². The molecule has 0 aliphatic heterocycles. The summed E-state index contributed by atoms with van der Waals surface area (Å²) in [6.07, 6.45) is 0. The minimum absolute atomic E-state index is 0.335. The molecule has 4 aromatic carbocycles. The summed E-state index contributed by atoms with van der Waals surface area (Å²) in [4.78, 5) is 24.3. The van der Waals surface area contributed by atoms with Gasteiger partial charge in [0.2, 0.25) is 0 Å². The summed E-state index contributed by atoms with van der Waals surface area (Å²) in [5.74, 6) is -0.895. The molecule has 1 amide bonds. The fourth-order valence-electron chi connectivity index (χ4n) is 2.99. The molecular weight excluding hydrogens is 338 g/mol. The van der Waals surface area contributed by atoms with Crippen molar-refractivity contribution in [1.29, 1.82) is 0 Å². The Hall–Kier alpha value is -3.66. The first kappa shape index (κ1) is 16.8. The first-order chi connectivity index (χ1) is 13.2. The van der Waals surface area contributed by atoms with E-state index >= 15 is 0 Å². The van der Waals surface area contributed by atoms with Gasteiger partial charge in [0.05, 0.1) is 5.56 Å². The number of nitrogens with one attached hydrogen (secondary N) is 1. The zero-order chi connectivity index (χ0) is 18.6. The van der Waals surface area contributed by atoms with Gasteiger partial charge in [0, 0.05) is 5.69 Å². The van der Waals surface area contributed by atoms with Crippen molar-refractivity contribution in [2.75, 3.05) is 11.9 Å². The Morgan fingerprint density at radius 3 is 2.00 bits per heavy atom. The van der Waals surface area contributed by atoms with Crippen LogP contribution in [-0.4, -0.2) is 18.5 Å². The molecule has 0 heterocycles. The highest BCUT2D eigenvalue weighted by Crippen LogP contribution is 2.19. The maximum atomic E-state index is 12.2. The van der Waals surface area contributed by atoms with Crippen LogP contribution in [0.4, 0.5) is 5.69 Å². The molecule has 0 bridgehead atoms. The molecule has 0 unspecified atom stereocenters. The Kier molecular flexibility index (Phi) is 4.54. The lowest BCUT2D eigenvalue weighted by Crippen LogP contribution is -2.20. The van der Waals surface area contributed by atoms with Crippen LogP contribution in [0, 0.1) is 0 Å². The van der Waals surface area contributed by atoms with Gasteiger partial charge in [-0.2, -0.15) is 0 Å². The van der Waals surface area contributed by atoms with Gasteiger partial charge in [-0.3, -0.25) is 4.79 Å². The molecule has 0 saturated heterocycles. The number of ether oxygens (including phenoxy) is 1. The highest BCUT2D eigenvalue weighted by atomic mass is 16.5. The molecule has 4 heteroatoms. The van der Waals surface area contributed by atoms with Crippen LogP contribution < -0.4 is 5.32 Å². The second-order valence-corrected chi connectivity index (χ2v) is 6.25. The number of hydrogen-bond donors (Lipinski definition) is 1. The highest BCUT2D eigenvalue weighted by Gasteiger charge is 2.11. The molecule has 0 aromatic heterocycles. The maximum absolute atomic E-state index is 12.2. The van der Waals surface area contributed by atoms with Crippen LogP contribution in [0.25, 0.3) is 21.5 Å². The molecule has 0 spiro atoms. The van der Waals surface area contributed by atoms with Gasteiger partial charge in [-0.15, -0.1) is 0 Å². The molecule has 4 rings (SSSR count). The average Bonchev–Trinajstić information content (AvgIpc) is 2.71. The van der Waals surface area contributed by atoms with Crippen molar-refractivity contribution in [1.82, 2.24) is 0 Å². The van der Waals surface area contributed by atoms with E-state index in [1.54, 1.807) is 12.1 Å². The van der Waals surface area contributed by atoms with Gasteiger partial charge in [0.25, 0.3) is 5.91 Å². The standard InChI is InChI=1S/C23H17NO3/c25-22(24-21-12-11-17-6-2-4-8-19(17)14-21)15-27-23(26)20-10-9-16-5-1-3-7-18(16)13-20/h1-14H,15H2,(H,24,25). The quantitative estimate of drug-likeness (QED) is 0.536. The fourth-order valence-corrected chi connectivity index (χ4v) is 2.99. The molecule has 27 heavy (non-hydrogen) atoms. The van der Waals surface area contributed by atoms with E-state index in [1.807, 2.05) is 72.8 Å². The third-order valence-electron chi connectivity index (χ3n) is 4.35. The third kappa shape index (κ3) is 3.80. The van der Waals surface area contributed by atoms with Crippen molar-refractivity contribution in [3.63, 3.8) is 0 Å². The molecular formula is C23H17NO3. The maximum Gasteiger partial charge on any atom is 0.338 e. The molecule has 132 valence electrons. The largest absolute Gasteiger partial charge is 0.452 e. The van der Waals surface area contributed by atoms with E-state index in [-0.39, 0.29) is 12.5 Å². The van der Waals surface area contributed by atoms with Crippen molar-refractivity contribution in [3.8, 4) is 0 Å². The lowest BCUT2D eigenvalue weighted by atomic mass is 10.1. The van der Waals surface area contributed by atoms with E-state index < -0.39 is 5.97 Å². The fraction of sp³-hybridized carbons (Fsp3) is 0.0435. The lowest BCUT2D eigenvalue weighted by Gasteiger charge is -2.08. The number of fused-ring (bicyclic) bond motifs is 2. The van der Waals surface area contributed by atoms with Gasteiger partial charge in [-0.05, 0) is 45.8 Å². The van der Waals surface area contributed by atoms with Crippen molar-refractivity contribution >= 4 is 39.1 Å². The summed E-state index contributed by atoms with van der Waals surface area (Å²) in [7, 11) is 0. The molecule has 0 fully saturated rings. The number of carbonyl (C=O) groups is 2. The zero-order valence-corrected chi connectivity index (χ0v) is 14.5. The van der Waals surface area contributed by atoms with Gasteiger partial charge >= 0.3 is 5.97 Å². The highest BCUT2D eigenvalue weighted by molar-refractivity contribution is 5.99. The number of anilines is 1. The molecule has 0 aliphatic rings. The van der Waals surface area contributed by atoms with E-state index in [9.17, 15) is 9.59 Å². The molecule has 0 atom stereocenters. The zero-order valence-electron chi connectivity index (χ0n) is 14.5. The first-order valence-electron chi connectivity index (χ1n) is 8.64. The molecule has 4 aromatic rings. The normalized spacial score (nSPS) is 10.7. The van der Waals surface area contributed by atoms with E-state index in [0.717, 1.165) is 21.5 Å². The molecule has 0 radical (unpaired) electrons. The Morgan fingerprint density at radius 1 is 0.704 bits per heavy atom. The summed E-state index contributed by atoms with van der Waals surface area (Å²) in [6, 6.07) is 26.6. The summed E-state index contributed by atoms with van der Waals surface area (Å²) >= 11 is 0. The summed E-state index contributed by atoms with van der Waals surface area (Å²) in [5, 5.41) is 6.88. The van der Waals surface area contributed by atoms with Gasteiger partial charge in [-0.25, -0.2) is 4.79 Å². The lowest BCUT2D eigenvalue weighted by molar-refractivity contribution is -0.119. The minimum Gasteiger partial charge on any atom is -0.452 e. The Balaban J connectivity index is 1.39. The van der Waals surface area contributed by atoms with Gasteiger partial charge in [0.15, 0.2) is 6.61 Å². The second kappa shape index (κ2) is 7.30. The molecule has 1 N–H and O–H groups in total. The molecule has 0 aliphatic carbocycles. The number of rotatable bonds is 4. The predicted molar refractivity (Wildman–Crippen MR) is 107 cm³/mol. The van der Waals surface area contributed by atoms with Gasteiger partial charge < -0.3 is 10.1 Å². The number of amides is 1. The molecule has 0 saturated carbocycles. The Bertz CT molecular complexity index is 1150. The van der Waals surface area contributed by atoms with E-state index in [4.69, 9.17) is 4.74 Å². The van der Waals surface area contributed by atoms with Crippen molar-refractivity contribution in [2.24, 2.45) is 0 Å². The van der Waals surface area contributed by atoms with E-state index in [2.05, 4.69) is 5.32 Å². The number of hydrogen-bond acceptors (Lipinski definition) is 3. The SMILES string of the molecule is O=C(COC(=O)c1ccc2ccccc2c1)Nc1ccc2ccccc2c1. The monoisotopic (exact) mass is 355 g/mol. The Labute approximate surface area is 156 Å². The van der Waals surface area contributed by atoms with Crippen molar-refractivity contribution < 1.29 is 14.3 Å². The third-order valence-corrected chi connectivity index (χ3v) is 4.35. The smallest absolute Gasteiger partial charge is 0.338 e. The van der Waals surface area contributed by atoms with Crippen molar-refractivity contribution in [3.05, 3.63) is 90.5 Å². The summed E-state index contributed by atoms with van der Waals surface area (Å²) < 4.78 is 5.15. The summed E-state index contributed by atoms with van der Waals surface area (Å²) in [5.41, 5.74) is 1.09. The summed E-state index contributed by atoms with van der Waals surface area (Å²) in [6.45, 7) is -0.335. The number of carbonyl (C=O) groups excluding carboxylic acids is 2. The van der Waals surface area contributed by atoms with E-state index in [1.165, 1.54) is 0 Å². The first-order valence-corrected chi connectivity index (χ1v) is 8.64. The van der Waals surface area contributed by atoms with E-state index in [0.29, 0.717) is 11.3 Å². The Morgan fingerprint density at radius 2 is 1.30 bits per heavy atom. The van der Waals surface area contributed by atoms with Gasteiger partial charge in [0.1, 0.15) is 0 Å². The van der Waals surface area contributed by atoms with Crippen LogP contribution >= 0.6 is 0 Å². The van der Waals surface area contributed by atoms with Crippen LogP contribution in [0.2, 0.25) is 0 Å². The van der Waals surface area contributed by atoms with Crippen LogP contribution in [0.3, 0.4) is 0 Å². The second-order valence-electron chi connectivity index (χ2n) is 6.25.